The average Bonchev–Trinajstić information content (AvgIpc) is 3.45. The molecule has 0 radical (unpaired) electrons. The summed E-state index contributed by atoms with van der Waals surface area (Å²) in [6.45, 7) is 0. The molecule has 0 aliphatic carbocycles. The summed E-state index contributed by atoms with van der Waals surface area (Å²) in [4.78, 5) is 29.5. The van der Waals surface area contributed by atoms with E-state index in [4.69, 9.17) is 16.7 Å². The molecule has 8 heteroatoms. The predicted molar refractivity (Wildman–Crippen MR) is 137 cm³/mol. The minimum absolute atomic E-state index is 0.0418. The second-order valence-electron chi connectivity index (χ2n) is 7.99. The van der Waals surface area contributed by atoms with Gasteiger partial charge >= 0.3 is 0 Å². The van der Waals surface area contributed by atoms with Crippen LogP contribution in [0.4, 0.5) is 5.69 Å². The molecule has 0 spiro atoms. The van der Waals surface area contributed by atoms with Crippen molar-refractivity contribution in [2.45, 2.75) is 24.1 Å². The van der Waals surface area contributed by atoms with Crippen LogP contribution in [0.25, 0.3) is 0 Å². The van der Waals surface area contributed by atoms with Crippen molar-refractivity contribution in [1.29, 1.82) is 0 Å². The molecule has 3 aromatic rings. The number of amidine groups is 1. The van der Waals surface area contributed by atoms with Crippen LogP contribution < -0.4 is 5.32 Å². The number of nitrogens with one attached hydrogen (secondary N) is 1. The van der Waals surface area contributed by atoms with Gasteiger partial charge in [0.05, 0.1) is 11.8 Å². The number of aliphatic imine (C=N–C) groups is 1. The van der Waals surface area contributed by atoms with Crippen LogP contribution in [0.5, 0.6) is 0 Å². The van der Waals surface area contributed by atoms with Gasteiger partial charge < -0.3 is 5.32 Å². The number of para-hydroxylation sites is 1. The Morgan fingerprint density at radius 2 is 1.68 bits per heavy atom. The molecule has 34 heavy (non-hydrogen) atoms. The van der Waals surface area contributed by atoms with Crippen molar-refractivity contribution in [2.24, 2.45) is 10.1 Å². The zero-order valence-corrected chi connectivity index (χ0v) is 19.7. The van der Waals surface area contributed by atoms with Crippen LogP contribution in [0.1, 0.15) is 30.0 Å². The normalized spacial score (nSPS) is 19.7. The molecule has 2 heterocycles. The molecular weight excluding hydrogens is 468 g/mol. The molecule has 0 bridgehead atoms. The van der Waals surface area contributed by atoms with Gasteiger partial charge in [-0.05, 0) is 35.4 Å². The molecule has 1 N–H and O–H groups in total. The monoisotopic (exact) mass is 488 g/mol. The predicted octanol–water partition coefficient (Wildman–Crippen LogP) is 5.52. The number of halogens is 1. The summed E-state index contributed by atoms with van der Waals surface area (Å²) >= 11 is 7.38. The summed E-state index contributed by atoms with van der Waals surface area (Å²) in [5.41, 5.74) is 3.67. The maximum Gasteiger partial charge on any atom is 0.262 e. The van der Waals surface area contributed by atoms with Gasteiger partial charge in [0, 0.05) is 23.6 Å². The fraction of sp³-hybridized carbons (Fsp3) is 0.154. The number of rotatable bonds is 5. The Hall–Kier alpha value is -3.42. The van der Waals surface area contributed by atoms with Gasteiger partial charge in [-0.25, -0.2) is 5.01 Å². The first kappa shape index (κ1) is 22.4. The van der Waals surface area contributed by atoms with E-state index in [0.29, 0.717) is 22.3 Å². The first-order valence-electron chi connectivity index (χ1n) is 10.9. The van der Waals surface area contributed by atoms with Crippen molar-refractivity contribution in [1.82, 2.24) is 5.01 Å². The Labute approximate surface area is 206 Å². The molecule has 2 aliphatic heterocycles. The lowest BCUT2D eigenvalue weighted by Gasteiger charge is -2.23. The zero-order valence-electron chi connectivity index (χ0n) is 18.1. The van der Waals surface area contributed by atoms with Crippen molar-refractivity contribution >= 4 is 51.7 Å². The zero-order chi connectivity index (χ0) is 23.5. The first-order valence-corrected chi connectivity index (χ1v) is 12.1. The SMILES string of the molecule is O=C(CC1SC(N2N=C(c3ccccc3)CC2c2ccc(Cl)cc2)=NC1=O)Nc1ccccc1. The minimum Gasteiger partial charge on any atom is -0.326 e. The molecular formula is C26H21ClN4O2S. The average molecular weight is 489 g/mol. The number of amides is 2. The largest absolute Gasteiger partial charge is 0.326 e. The second-order valence-corrected chi connectivity index (χ2v) is 9.59. The summed E-state index contributed by atoms with van der Waals surface area (Å²) in [5, 5.41) is 10.1. The van der Waals surface area contributed by atoms with Crippen molar-refractivity contribution in [3.8, 4) is 0 Å². The number of nitrogens with zero attached hydrogens (tertiary/aromatic N) is 3. The molecule has 3 aromatic carbocycles. The van der Waals surface area contributed by atoms with Gasteiger partial charge in [-0.15, -0.1) is 0 Å². The Morgan fingerprint density at radius 3 is 2.38 bits per heavy atom. The lowest BCUT2D eigenvalue weighted by molar-refractivity contribution is -0.121. The fourth-order valence-corrected chi connectivity index (χ4v) is 5.13. The lowest BCUT2D eigenvalue weighted by atomic mass is 9.99. The highest BCUT2D eigenvalue weighted by Crippen LogP contribution is 2.38. The third kappa shape index (κ3) is 4.90. The Balaban J connectivity index is 1.35. The van der Waals surface area contributed by atoms with Crippen LogP contribution in [-0.4, -0.2) is 33.0 Å². The number of hydrazone groups is 1. The van der Waals surface area contributed by atoms with Gasteiger partial charge in [-0.1, -0.05) is 84.0 Å². The van der Waals surface area contributed by atoms with Crippen LogP contribution in [0.2, 0.25) is 5.02 Å². The van der Waals surface area contributed by atoms with Gasteiger partial charge in [0.1, 0.15) is 5.25 Å². The molecule has 170 valence electrons. The molecule has 2 atom stereocenters. The summed E-state index contributed by atoms with van der Waals surface area (Å²) in [6, 6.07) is 26.7. The number of carbonyl (C=O) groups excluding carboxylic acids is 2. The topological polar surface area (TPSA) is 74.1 Å². The maximum absolute atomic E-state index is 12.7. The van der Waals surface area contributed by atoms with Gasteiger partial charge in [-0.3, -0.25) is 9.59 Å². The highest BCUT2D eigenvalue weighted by Gasteiger charge is 2.39. The van der Waals surface area contributed by atoms with Gasteiger partial charge in [0.15, 0.2) is 5.17 Å². The highest BCUT2D eigenvalue weighted by molar-refractivity contribution is 8.15. The number of hydrogen-bond acceptors (Lipinski definition) is 5. The maximum atomic E-state index is 12.7. The highest BCUT2D eigenvalue weighted by atomic mass is 35.5. The number of hydrogen-bond donors (Lipinski definition) is 1. The summed E-state index contributed by atoms with van der Waals surface area (Å²) in [6.07, 6.45) is 0.707. The van der Waals surface area contributed by atoms with E-state index >= 15 is 0 Å². The number of carbonyl (C=O) groups is 2. The van der Waals surface area contributed by atoms with Crippen molar-refractivity contribution in [2.75, 3.05) is 5.32 Å². The van der Waals surface area contributed by atoms with E-state index in [2.05, 4.69) is 10.3 Å². The molecule has 0 fully saturated rings. The molecule has 6 nitrogen and oxygen atoms in total. The number of anilines is 1. The molecule has 0 saturated heterocycles. The second kappa shape index (κ2) is 9.83. The molecule has 5 rings (SSSR count). The van der Waals surface area contributed by atoms with Crippen LogP contribution >= 0.6 is 23.4 Å². The summed E-state index contributed by atoms with van der Waals surface area (Å²) in [7, 11) is 0. The van der Waals surface area contributed by atoms with E-state index in [1.165, 1.54) is 11.8 Å². The van der Waals surface area contributed by atoms with Crippen molar-refractivity contribution in [3.63, 3.8) is 0 Å². The van der Waals surface area contributed by atoms with E-state index in [1.807, 2.05) is 89.9 Å². The van der Waals surface area contributed by atoms with Crippen LogP contribution in [0, 0.1) is 0 Å². The minimum atomic E-state index is -0.583. The van der Waals surface area contributed by atoms with Crippen LogP contribution in [0.15, 0.2) is 95.0 Å². The molecule has 0 saturated carbocycles. The summed E-state index contributed by atoms with van der Waals surface area (Å²) < 4.78 is 0. The van der Waals surface area contributed by atoms with Crippen molar-refractivity contribution < 1.29 is 9.59 Å². The Bertz CT molecular complexity index is 1260. The van der Waals surface area contributed by atoms with E-state index in [1.54, 1.807) is 0 Å². The van der Waals surface area contributed by atoms with Gasteiger partial charge in [0.25, 0.3) is 5.91 Å². The van der Waals surface area contributed by atoms with E-state index in [-0.39, 0.29) is 24.3 Å². The first-order chi connectivity index (χ1) is 16.6. The molecule has 2 amide bonds. The standard InChI is InChI=1S/C26H21ClN4O2S/c27-19-13-11-18(12-14-19)22-15-21(17-7-3-1-4-8-17)30-31(22)26-29-25(33)23(34-26)16-24(32)28-20-9-5-2-6-10-20/h1-14,22-23H,15-16H2,(H,28,32). The van der Waals surface area contributed by atoms with Crippen LogP contribution in [0.3, 0.4) is 0 Å². The Kier molecular flexibility index (Phi) is 6.47. The van der Waals surface area contributed by atoms with Crippen LogP contribution in [-0.2, 0) is 9.59 Å². The Morgan fingerprint density at radius 1 is 1.00 bits per heavy atom. The van der Waals surface area contributed by atoms with E-state index in [9.17, 15) is 9.59 Å². The van der Waals surface area contributed by atoms with E-state index in [0.717, 1.165) is 16.8 Å². The third-order valence-corrected chi connectivity index (χ3v) is 7.02. The van der Waals surface area contributed by atoms with Gasteiger partial charge in [0.2, 0.25) is 5.91 Å². The lowest BCUT2D eigenvalue weighted by Crippen LogP contribution is -2.25. The third-order valence-electron chi connectivity index (χ3n) is 5.63. The van der Waals surface area contributed by atoms with Crippen molar-refractivity contribution in [3.05, 3.63) is 101 Å². The molecule has 0 aromatic heterocycles. The number of thioether (sulfide) groups is 1. The summed E-state index contributed by atoms with van der Waals surface area (Å²) in [5.74, 6) is -0.543. The fourth-order valence-electron chi connectivity index (χ4n) is 3.94. The molecule has 2 aliphatic rings. The smallest absolute Gasteiger partial charge is 0.262 e. The van der Waals surface area contributed by atoms with E-state index < -0.39 is 5.25 Å². The number of benzene rings is 3. The van der Waals surface area contributed by atoms with Gasteiger partial charge in [-0.2, -0.15) is 10.1 Å². The molecule has 2 unspecified atom stereocenters. The quantitative estimate of drug-likeness (QED) is 0.513.